The van der Waals surface area contributed by atoms with Gasteiger partial charge < -0.3 is 15.0 Å². The molecular weight excluding hydrogens is 402 g/mol. The minimum atomic E-state index is -0.463. The van der Waals surface area contributed by atoms with Gasteiger partial charge in [0.05, 0.1) is 11.8 Å². The zero-order valence-electron chi connectivity index (χ0n) is 17.4. The zero-order valence-corrected chi connectivity index (χ0v) is 18.2. The van der Waals surface area contributed by atoms with Crippen LogP contribution in [-0.4, -0.2) is 34.5 Å². The van der Waals surface area contributed by atoms with Crippen molar-refractivity contribution in [2.75, 3.05) is 6.61 Å². The summed E-state index contributed by atoms with van der Waals surface area (Å²) in [7, 11) is 0. The van der Waals surface area contributed by atoms with Gasteiger partial charge in [-0.05, 0) is 50.0 Å². The first-order chi connectivity index (χ1) is 14.5. The minimum Gasteiger partial charge on any atom is -0.456 e. The molecule has 2 heterocycles. The summed E-state index contributed by atoms with van der Waals surface area (Å²) < 4.78 is 5.12. The number of aromatic amines is 1. The van der Waals surface area contributed by atoms with Crippen LogP contribution in [0.1, 0.15) is 68.1 Å². The number of amides is 1. The average Bonchev–Trinajstić information content (AvgIpc) is 3.11. The lowest BCUT2D eigenvalue weighted by atomic mass is 9.86. The molecule has 0 aliphatic heterocycles. The van der Waals surface area contributed by atoms with Crippen molar-refractivity contribution in [1.82, 2.24) is 15.3 Å². The highest BCUT2D eigenvalue weighted by Gasteiger charge is 2.23. The molecule has 7 nitrogen and oxygen atoms in total. The number of carbonyl (C=O) groups is 2. The van der Waals surface area contributed by atoms with Gasteiger partial charge in [-0.3, -0.25) is 14.4 Å². The number of nitrogens with one attached hydrogen (secondary N) is 2. The molecule has 8 heteroatoms. The van der Waals surface area contributed by atoms with Crippen LogP contribution in [0.25, 0.3) is 10.2 Å². The Bertz CT molecular complexity index is 996. The number of H-pyrrole nitrogens is 1. The SMILES string of the molecule is C[C@H]1CCCC[C@@H]1NC(=O)COC(=O)CCc1nc2sc3c(c2c(=O)[nH]1)CCCC3. The van der Waals surface area contributed by atoms with E-state index in [1.54, 1.807) is 11.3 Å². The maximum atomic E-state index is 12.5. The van der Waals surface area contributed by atoms with E-state index < -0.39 is 5.97 Å². The van der Waals surface area contributed by atoms with Gasteiger partial charge in [0.1, 0.15) is 10.7 Å². The summed E-state index contributed by atoms with van der Waals surface area (Å²) >= 11 is 1.59. The topological polar surface area (TPSA) is 101 Å². The monoisotopic (exact) mass is 431 g/mol. The Hall–Kier alpha value is -2.22. The molecule has 0 spiro atoms. The van der Waals surface area contributed by atoms with Crippen molar-refractivity contribution in [1.29, 1.82) is 0 Å². The summed E-state index contributed by atoms with van der Waals surface area (Å²) in [5.41, 5.74) is 1.03. The van der Waals surface area contributed by atoms with E-state index in [-0.39, 0.29) is 37.0 Å². The lowest BCUT2D eigenvalue weighted by Gasteiger charge is -2.29. The number of nitrogens with zero attached hydrogens (tertiary/aromatic N) is 1. The van der Waals surface area contributed by atoms with Crippen LogP contribution in [-0.2, 0) is 33.6 Å². The molecule has 0 radical (unpaired) electrons. The number of ether oxygens (including phenoxy) is 1. The molecule has 30 heavy (non-hydrogen) atoms. The smallest absolute Gasteiger partial charge is 0.306 e. The Morgan fingerprint density at radius 2 is 2.00 bits per heavy atom. The first kappa shape index (κ1) is 21.0. The molecule has 1 saturated carbocycles. The molecule has 0 bridgehead atoms. The standard InChI is InChI=1S/C22H29N3O4S/c1-13-6-2-4-8-15(13)23-18(26)12-29-19(27)11-10-17-24-21(28)20-14-7-3-5-9-16(14)30-22(20)25-17/h13,15H,2-12H2,1H3,(H,23,26)(H,24,25,28)/t13-,15-/m0/s1. The lowest BCUT2D eigenvalue weighted by molar-refractivity contribution is -0.148. The molecule has 0 saturated heterocycles. The van der Waals surface area contributed by atoms with Crippen molar-refractivity contribution in [2.45, 2.75) is 77.2 Å². The number of carbonyl (C=O) groups excluding carboxylic acids is 2. The molecule has 0 aromatic carbocycles. The normalized spacial score (nSPS) is 21.2. The van der Waals surface area contributed by atoms with E-state index in [1.807, 2.05) is 0 Å². The van der Waals surface area contributed by atoms with E-state index in [0.29, 0.717) is 11.7 Å². The summed E-state index contributed by atoms with van der Waals surface area (Å²) in [5, 5.41) is 3.69. The van der Waals surface area contributed by atoms with E-state index in [1.165, 1.54) is 11.3 Å². The van der Waals surface area contributed by atoms with Crippen LogP contribution in [0.5, 0.6) is 0 Å². The van der Waals surface area contributed by atoms with Crippen LogP contribution in [0.3, 0.4) is 0 Å². The van der Waals surface area contributed by atoms with Crippen LogP contribution in [0.2, 0.25) is 0 Å². The zero-order chi connectivity index (χ0) is 21.1. The highest BCUT2D eigenvalue weighted by Crippen LogP contribution is 2.33. The fraction of sp³-hybridized carbons (Fsp3) is 0.636. The van der Waals surface area contributed by atoms with E-state index in [2.05, 4.69) is 22.2 Å². The lowest BCUT2D eigenvalue weighted by Crippen LogP contribution is -2.42. The molecular formula is C22H29N3O4S. The van der Waals surface area contributed by atoms with Crippen molar-refractivity contribution in [2.24, 2.45) is 5.92 Å². The van der Waals surface area contributed by atoms with Gasteiger partial charge in [0.15, 0.2) is 6.61 Å². The van der Waals surface area contributed by atoms with Crippen LogP contribution in [0.4, 0.5) is 0 Å². The summed E-state index contributed by atoms with van der Waals surface area (Å²) in [4.78, 5) is 46.1. The van der Waals surface area contributed by atoms with E-state index in [4.69, 9.17) is 4.74 Å². The first-order valence-corrected chi connectivity index (χ1v) is 11.8. The predicted octanol–water partition coefficient (Wildman–Crippen LogP) is 3.03. The second-order valence-electron chi connectivity index (χ2n) is 8.50. The van der Waals surface area contributed by atoms with Crippen molar-refractivity contribution >= 4 is 33.4 Å². The third-order valence-electron chi connectivity index (χ3n) is 6.26. The summed E-state index contributed by atoms with van der Waals surface area (Å²) in [6.07, 6.45) is 9.01. The summed E-state index contributed by atoms with van der Waals surface area (Å²) in [5.74, 6) is 0.233. The number of hydrogen-bond donors (Lipinski definition) is 2. The average molecular weight is 432 g/mol. The highest BCUT2D eigenvalue weighted by molar-refractivity contribution is 7.18. The number of aryl methyl sites for hydroxylation is 3. The predicted molar refractivity (Wildman–Crippen MR) is 116 cm³/mol. The van der Waals surface area contributed by atoms with Crippen molar-refractivity contribution in [3.63, 3.8) is 0 Å². The molecule has 0 unspecified atom stereocenters. The van der Waals surface area contributed by atoms with Crippen LogP contribution < -0.4 is 10.9 Å². The van der Waals surface area contributed by atoms with Crippen molar-refractivity contribution < 1.29 is 14.3 Å². The first-order valence-electron chi connectivity index (χ1n) is 11.0. The minimum absolute atomic E-state index is 0.0760. The fourth-order valence-electron chi connectivity index (χ4n) is 4.54. The van der Waals surface area contributed by atoms with Crippen molar-refractivity contribution in [3.05, 3.63) is 26.6 Å². The third kappa shape index (κ3) is 4.74. The van der Waals surface area contributed by atoms with Gasteiger partial charge in [0.2, 0.25) is 0 Å². The number of hydrogen-bond acceptors (Lipinski definition) is 6. The quantitative estimate of drug-likeness (QED) is 0.685. The molecule has 1 fully saturated rings. The maximum absolute atomic E-state index is 12.5. The van der Waals surface area contributed by atoms with Gasteiger partial charge in [-0.1, -0.05) is 19.8 Å². The number of rotatable bonds is 6. The van der Waals surface area contributed by atoms with Gasteiger partial charge in [-0.2, -0.15) is 0 Å². The van der Waals surface area contributed by atoms with Crippen LogP contribution >= 0.6 is 11.3 Å². The molecule has 2 aromatic heterocycles. The van der Waals surface area contributed by atoms with E-state index in [9.17, 15) is 14.4 Å². The Kier molecular flexibility index (Phi) is 6.51. The fourth-order valence-corrected chi connectivity index (χ4v) is 5.83. The second-order valence-corrected chi connectivity index (χ2v) is 9.58. The summed E-state index contributed by atoms with van der Waals surface area (Å²) in [6.45, 7) is 1.88. The number of esters is 1. The van der Waals surface area contributed by atoms with Crippen molar-refractivity contribution in [3.8, 4) is 0 Å². The number of fused-ring (bicyclic) bond motifs is 3. The summed E-state index contributed by atoms with van der Waals surface area (Å²) in [6, 6.07) is 0.169. The molecule has 2 aromatic rings. The molecule has 2 aliphatic carbocycles. The molecule has 1 amide bonds. The molecule has 4 rings (SSSR count). The second kappa shape index (κ2) is 9.29. The van der Waals surface area contributed by atoms with Crippen LogP contribution in [0.15, 0.2) is 4.79 Å². The molecule has 2 N–H and O–H groups in total. The van der Waals surface area contributed by atoms with Gasteiger partial charge in [0.25, 0.3) is 11.5 Å². The van der Waals surface area contributed by atoms with Gasteiger partial charge >= 0.3 is 5.97 Å². The Labute approximate surface area is 179 Å². The Morgan fingerprint density at radius 3 is 2.83 bits per heavy atom. The maximum Gasteiger partial charge on any atom is 0.306 e. The van der Waals surface area contributed by atoms with Gasteiger partial charge in [-0.25, -0.2) is 4.98 Å². The molecule has 162 valence electrons. The van der Waals surface area contributed by atoms with E-state index in [0.717, 1.165) is 60.7 Å². The number of thiophene rings is 1. The largest absolute Gasteiger partial charge is 0.456 e. The van der Waals surface area contributed by atoms with Gasteiger partial charge in [-0.15, -0.1) is 11.3 Å². The van der Waals surface area contributed by atoms with Crippen LogP contribution in [0, 0.1) is 5.92 Å². The Balaban J connectivity index is 1.29. The number of aromatic nitrogens is 2. The molecule has 2 atom stereocenters. The van der Waals surface area contributed by atoms with E-state index >= 15 is 0 Å². The van der Waals surface area contributed by atoms with Gasteiger partial charge in [0, 0.05) is 17.3 Å². The highest BCUT2D eigenvalue weighted by atomic mass is 32.1. The third-order valence-corrected chi connectivity index (χ3v) is 7.45. The Morgan fingerprint density at radius 1 is 1.20 bits per heavy atom. The molecule has 2 aliphatic rings.